The van der Waals surface area contributed by atoms with Crippen LogP contribution in [0.3, 0.4) is 0 Å². The van der Waals surface area contributed by atoms with Crippen molar-refractivity contribution in [2.24, 2.45) is 0 Å². The topological polar surface area (TPSA) is 76.4 Å². The van der Waals surface area contributed by atoms with Crippen LogP contribution in [0.5, 0.6) is 0 Å². The fourth-order valence-corrected chi connectivity index (χ4v) is 3.20. The molecule has 1 heterocycles. The predicted octanol–water partition coefficient (Wildman–Crippen LogP) is 1.17. The molecule has 5 nitrogen and oxygen atoms in total. The minimum atomic E-state index is -0.654. The van der Waals surface area contributed by atoms with E-state index in [9.17, 15) is 15.2 Å². The Morgan fingerprint density at radius 1 is 1.35 bits per heavy atom. The molecule has 1 saturated heterocycles. The van der Waals surface area contributed by atoms with Gasteiger partial charge < -0.3 is 10.4 Å². The fraction of sp³-hybridized carbons (Fsp3) is 0.867. The number of hydrogen-bond donors (Lipinski definition) is 2. The quantitative estimate of drug-likeness (QED) is 0.813. The van der Waals surface area contributed by atoms with Crippen molar-refractivity contribution < 1.29 is 9.90 Å². The maximum Gasteiger partial charge on any atom is 0.238 e. The molecule has 2 aliphatic rings. The molecular formula is C15H25N3O2. The molecule has 0 aromatic rings. The van der Waals surface area contributed by atoms with E-state index in [4.69, 9.17) is 0 Å². The van der Waals surface area contributed by atoms with Crippen molar-refractivity contribution in [1.82, 2.24) is 10.2 Å². The van der Waals surface area contributed by atoms with E-state index in [0.29, 0.717) is 0 Å². The van der Waals surface area contributed by atoms with Crippen LogP contribution in [-0.2, 0) is 4.79 Å². The lowest BCUT2D eigenvalue weighted by molar-refractivity contribution is -0.128. The van der Waals surface area contributed by atoms with Crippen LogP contribution >= 0.6 is 0 Å². The first-order valence-corrected chi connectivity index (χ1v) is 7.72. The van der Waals surface area contributed by atoms with Gasteiger partial charge in [0.2, 0.25) is 5.91 Å². The van der Waals surface area contributed by atoms with E-state index >= 15 is 0 Å². The lowest BCUT2D eigenvalue weighted by Crippen LogP contribution is -2.56. The Hall–Kier alpha value is -1.12. The minimum absolute atomic E-state index is 0.0511. The van der Waals surface area contributed by atoms with Crippen LogP contribution in [0.2, 0.25) is 0 Å². The molecule has 2 N–H and O–H groups in total. The monoisotopic (exact) mass is 279 g/mol. The Balaban J connectivity index is 1.91. The summed E-state index contributed by atoms with van der Waals surface area (Å²) in [7, 11) is 0. The number of aliphatic hydroxyl groups excluding tert-OH is 1. The molecule has 2 fully saturated rings. The SMILES string of the molecule is CC(C(=O)NC1(C#N)CCCCC1)N1CCC(O)CC1. The standard InChI is InChI=1S/C15H25N3O2/c1-12(18-9-5-13(19)6-10-18)14(20)17-15(11-16)7-3-2-4-8-15/h12-13,19H,2-10H2,1H3,(H,17,20). The number of amides is 1. The highest BCUT2D eigenvalue weighted by atomic mass is 16.3. The minimum Gasteiger partial charge on any atom is -0.393 e. The second-order valence-corrected chi connectivity index (χ2v) is 6.19. The van der Waals surface area contributed by atoms with Gasteiger partial charge in [-0.2, -0.15) is 5.26 Å². The van der Waals surface area contributed by atoms with Crippen molar-refractivity contribution in [2.45, 2.75) is 69.6 Å². The molecule has 0 aromatic carbocycles. The summed E-state index contributed by atoms with van der Waals surface area (Å²) in [5, 5.41) is 21.9. The summed E-state index contributed by atoms with van der Waals surface area (Å²) in [4.78, 5) is 14.5. The average molecular weight is 279 g/mol. The summed E-state index contributed by atoms with van der Waals surface area (Å²) in [5.41, 5.74) is -0.654. The Kier molecular flexibility index (Phi) is 5.00. The van der Waals surface area contributed by atoms with Crippen LogP contribution in [0.4, 0.5) is 0 Å². The first-order valence-electron chi connectivity index (χ1n) is 7.72. The summed E-state index contributed by atoms with van der Waals surface area (Å²) in [6, 6.07) is 2.10. The van der Waals surface area contributed by atoms with Gasteiger partial charge in [0.05, 0.1) is 18.2 Å². The Morgan fingerprint density at radius 2 is 1.95 bits per heavy atom. The van der Waals surface area contributed by atoms with Crippen molar-refractivity contribution in [3.05, 3.63) is 0 Å². The van der Waals surface area contributed by atoms with Gasteiger partial charge >= 0.3 is 0 Å². The van der Waals surface area contributed by atoms with Crippen molar-refractivity contribution >= 4 is 5.91 Å². The second kappa shape index (κ2) is 6.55. The largest absolute Gasteiger partial charge is 0.393 e. The number of rotatable bonds is 3. The highest BCUT2D eigenvalue weighted by Crippen LogP contribution is 2.27. The van der Waals surface area contributed by atoms with E-state index in [1.54, 1.807) is 0 Å². The van der Waals surface area contributed by atoms with Gasteiger partial charge in [-0.1, -0.05) is 19.3 Å². The second-order valence-electron chi connectivity index (χ2n) is 6.19. The van der Waals surface area contributed by atoms with Crippen molar-refractivity contribution in [1.29, 1.82) is 5.26 Å². The van der Waals surface area contributed by atoms with Gasteiger partial charge in [0, 0.05) is 13.1 Å². The molecule has 112 valence electrons. The molecule has 0 spiro atoms. The molecule has 0 bridgehead atoms. The lowest BCUT2D eigenvalue weighted by atomic mass is 9.82. The van der Waals surface area contributed by atoms with Crippen molar-refractivity contribution in [3.63, 3.8) is 0 Å². The third kappa shape index (κ3) is 3.50. The number of piperidine rings is 1. The van der Waals surface area contributed by atoms with E-state index in [1.165, 1.54) is 0 Å². The zero-order valence-electron chi connectivity index (χ0n) is 12.3. The smallest absolute Gasteiger partial charge is 0.238 e. The lowest BCUT2D eigenvalue weighted by Gasteiger charge is -2.37. The zero-order valence-corrected chi connectivity index (χ0v) is 12.3. The Bertz CT molecular complexity index is 377. The summed E-state index contributed by atoms with van der Waals surface area (Å²) in [6.07, 6.45) is 5.92. The van der Waals surface area contributed by atoms with Crippen LogP contribution in [0.25, 0.3) is 0 Å². The van der Waals surface area contributed by atoms with Crippen LogP contribution in [0.1, 0.15) is 51.9 Å². The summed E-state index contributed by atoms with van der Waals surface area (Å²) in [6.45, 7) is 3.38. The third-order valence-corrected chi connectivity index (χ3v) is 4.71. The first-order chi connectivity index (χ1) is 9.56. The number of nitrogens with one attached hydrogen (secondary N) is 1. The molecule has 1 unspecified atom stereocenters. The van der Waals surface area contributed by atoms with Gasteiger partial charge in [0.1, 0.15) is 5.54 Å². The van der Waals surface area contributed by atoms with Crippen LogP contribution < -0.4 is 5.32 Å². The summed E-state index contributed by atoms with van der Waals surface area (Å²) in [5.74, 6) is -0.0511. The van der Waals surface area contributed by atoms with Gasteiger partial charge in [0.15, 0.2) is 0 Å². The number of carbonyl (C=O) groups is 1. The van der Waals surface area contributed by atoms with E-state index in [0.717, 1.165) is 58.0 Å². The van der Waals surface area contributed by atoms with Gasteiger partial charge in [-0.25, -0.2) is 0 Å². The van der Waals surface area contributed by atoms with Crippen LogP contribution in [-0.4, -0.2) is 46.7 Å². The fourth-order valence-electron chi connectivity index (χ4n) is 3.20. The number of carbonyl (C=O) groups excluding carboxylic acids is 1. The van der Waals surface area contributed by atoms with E-state index < -0.39 is 5.54 Å². The summed E-state index contributed by atoms with van der Waals surface area (Å²) < 4.78 is 0. The average Bonchev–Trinajstić information content (AvgIpc) is 2.48. The molecule has 1 atom stereocenters. The molecule has 0 radical (unpaired) electrons. The van der Waals surface area contributed by atoms with E-state index in [2.05, 4.69) is 16.3 Å². The maximum absolute atomic E-state index is 12.4. The number of nitrogens with zero attached hydrogens (tertiary/aromatic N) is 2. The van der Waals surface area contributed by atoms with Crippen molar-refractivity contribution in [3.8, 4) is 6.07 Å². The van der Waals surface area contributed by atoms with E-state index in [1.807, 2.05) is 6.92 Å². The summed E-state index contributed by atoms with van der Waals surface area (Å²) >= 11 is 0. The first kappa shape index (κ1) is 15.3. The maximum atomic E-state index is 12.4. The van der Waals surface area contributed by atoms with Gasteiger partial charge in [0.25, 0.3) is 0 Å². The Morgan fingerprint density at radius 3 is 2.50 bits per heavy atom. The zero-order chi connectivity index (χ0) is 14.6. The third-order valence-electron chi connectivity index (χ3n) is 4.71. The molecule has 1 saturated carbocycles. The van der Waals surface area contributed by atoms with Gasteiger partial charge in [-0.15, -0.1) is 0 Å². The number of hydrogen-bond acceptors (Lipinski definition) is 4. The normalized spacial score (nSPS) is 25.6. The Labute approximate surface area is 120 Å². The van der Waals surface area contributed by atoms with Gasteiger partial charge in [-0.05, 0) is 32.6 Å². The van der Waals surface area contributed by atoms with E-state index in [-0.39, 0.29) is 18.1 Å². The molecule has 0 aromatic heterocycles. The molecule has 2 rings (SSSR count). The number of aliphatic hydroxyl groups is 1. The highest BCUT2D eigenvalue weighted by molar-refractivity contribution is 5.82. The van der Waals surface area contributed by atoms with Gasteiger partial charge in [-0.3, -0.25) is 9.69 Å². The molecule has 5 heteroatoms. The van der Waals surface area contributed by atoms with Crippen molar-refractivity contribution in [2.75, 3.05) is 13.1 Å². The molecular weight excluding hydrogens is 254 g/mol. The van der Waals surface area contributed by atoms with Crippen LogP contribution in [0.15, 0.2) is 0 Å². The number of likely N-dealkylation sites (tertiary alicyclic amines) is 1. The molecule has 1 aliphatic heterocycles. The molecule has 1 amide bonds. The molecule has 1 aliphatic carbocycles. The highest BCUT2D eigenvalue weighted by Gasteiger charge is 2.36. The predicted molar refractivity (Wildman–Crippen MR) is 75.8 cm³/mol. The van der Waals surface area contributed by atoms with Crippen LogP contribution in [0, 0.1) is 11.3 Å². The number of nitriles is 1. The molecule has 20 heavy (non-hydrogen) atoms.